The van der Waals surface area contributed by atoms with Crippen LogP contribution in [0.3, 0.4) is 0 Å². The number of nitrogens with zero attached hydrogens (tertiary/aromatic N) is 2. The molecule has 0 saturated carbocycles. The van der Waals surface area contributed by atoms with Crippen LogP contribution >= 0.6 is 11.3 Å². The van der Waals surface area contributed by atoms with Crippen molar-refractivity contribution >= 4 is 11.3 Å². The average molecular weight is 371 g/mol. The van der Waals surface area contributed by atoms with E-state index in [0.29, 0.717) is 11.9 Å². The Kier molecular flexibility index (Phi) is 5.49. The largest absolute Gasteiger partial charge is 0.496 e. The van der Waals surface area contributed by atoms with Gasteiger partial charge in [0.1, 0.15) is 11.5 Å². The maximum Gasteiger partial charge on any atom is 0.226 e. The number of ether oxygens (including phenoxy) is 1. The molecule has 1 aromatic carbocycles. The summed E-state index contributed by atoms with van der Waals surface area (Å²) in [5.41, 5.74) is 4.26. The van der Waals surface area contributed by atoms with E-state index in [4.69, 9.17) is 14.1 Å². The highest BCUT2D eigenvalue weighted by Gasteiger charge is 2.19. The van der Waals surface area contributed by atoms with E-state index in [2.05, 4.69) is 50.2 Å². The van der Waals surface area contributed by atoms with Crippen molar-refractivity contribution in [2.75, 3.05) is 14.2 Å². The first-order valence-corrected chi connectivity index (χ1v) is 9.64. The highest BCUT2D eigenvalue weighted by atomic mass is 32.1. The predicted octanol–water partition coefficient (Wildman–Crippen LogP) is 5.53. The summed E-state index contributed by atoms with van der Waals surface area (Å²) in [6, 6.07) is 8.62. The minimum Gasteiger partial charge on any atom is -0.496 e. The zero-order chi connectivity index (χ0) is 18.8. The Morgan fingerprint density at radius 1 is 1.19 bits per heavy atom. The molecule has 5 heteroatoms. The van der Waals surface area contributed by atoms with Gasteiger partial charge in [-0.05, 0) is 69.4 Å². The number of thiophene rings is 1. The smallest absolute Gasteiger partial charge is 0.226 e. The zero-order valence-corrected chi connectivity index (χ0v) is 17.1. The molecule has 2 heterocycles. The van der Waals surface area contributed by atoms with E-state index in [-0.39, 0.29) is 0 Å². The number of rotatable bonds is 6. The SMILES string of the molecule is COc1ccc(-c2nc(CN(C)C(C)c3cccs3)c(C)o2)c(C)c1C. The van der Waals surface area contributed by atoms with Gasteiger partial charge < -0.3 is 9.15 Å². The number of oxazole rings is 1. The van der Waals surface area contributed by atoms with Gasteiger partial charge in [0.05, 0.1) is 12.8 Å². The fraction of sp³-hybridized carbons (Fsp3) is 0.381. The molecule has 2 aromatic heterocycles. The molecule has 3 aromatic rings. The molecule has 0 aliphatic rings. The van der Waals surface area contributed by atoms with Gasteiger partial charge in [-0.1, -0.05) is 6.07 Å². The van der Waals surface area contributed by atoms with Crippen molar-refractivity contribution < 1.29 is 9.15 Å². The summed E-state index contributed by atoms with van der Waals surface area (Å²) < 4.78 is 11.4. The molecular formula is C21H26N2O2S. The summed E-state index contributed by atoms with van der Waals surface area (Å²) in [7, 11) is 3.82. The molecule has 1 atom stereocenters. The quantitative estimate of drug-likeness (QED) is 0.572. The number of aryl methyl sites for hydroxylation is 1. The lowest BCUT2D eigenvalue weighted by atomic mass is 10.0. The van der Waals surface area contributed by atoms with Gasteiger partial charge in [0, 0.05) is 23.0 Å². The van der Waals surface area contributed by atoms with Crippen LogP contribution in [0.15, 0.2) is 34.1 Å². The lowest BCUT2D eigenvalue weighted by Gasteiger charge is -2.22. The van der Waals surface area contributed by atoms with Gasteiger partial charge in [0.25, 0.3) is 0 Å². The highest BCUT2D eigenvalue weighted by Crippen LogP contribution is 2.32. The molecule has 0 spiro atoms. The Hall–Kier alpha value is -2.11. The van der Waals surface area contributed by atoms with Crippen molar-refractivity contribution in [1.29, 1.82) is 0 Å². The van der Waals surface area contributed by atoms with Gasteiger partial charge in [-0.2, -0.15) is 0 Å². The molecule has 0 amide bonds. The second-order valence-electron chi connectivity index (χ2n) is 6.69. The molecule has 3 rings (SSSR count). The molecule has 0 bridgehead atoms. The Bertz CT molecular complexity index is 884. The van der Waals surface area contributed by atoms with Gasteiger partial charge >= 0.3 is 0 Å². The lowest BCUT2D eigenvalue weighted by molar-refractivity contribution is 0.252. The first-order chi connectivity index (χ1) is 12.4. The van der Waals surface area contributed by atoms with Crippen LogP contribution < -0.4 is 4.74 Å². The Morgan fingerprint density at radius 2 is 1.96 bits per heavy atom. The molecule has 0 fully saturated rings. The van der Waals surface area contributed by atoms with E-state index in [1.54, 1.807) is 18.4 Å². The van der Waals surface area contributed by atoms with Gasteiger partial charge in [-0.15, -0.1) is 11.3 Å². The van der Waals surface area contributed by atoms with E-state index in [1.807, 2.05) is 19.1 Å². The van der Waals surface area contributed by atoms with E-state index in [1.165, 1.54) is 4.88 Å². The molecule has 0 aliphatic carbocycles. The minimum atomic E-state index is 0.347. The van der Waals surface area contributed by atoms with Crippen LogP contribution in [0.1, 0.15) is 40.4 Å². The number of benzene rings is 1. The molecule has 0 saturated heterocycles. The summed E-state index contributed by atoms with van der Waals surface area (Å²) >= 11 is 1.79. The second-order valence-corrected chi connectivity index (χ2v) is 7.67. The summed E-state index contributed by atoms with van der Waals surface area (Å²) in [6.07, 6.45) is 0. The standard InChI is InChI=1S/C21H26N2O2S/c1-13-14(2)19(24-6)10-9-17(13)21-22-18(16(4)25-21)12-23(5)15(3)20-8-7-11-26-20/h7-11,15H,12H2,1-6H3. The molecule has 0 radical (unpaired) electrons. The van der Waals surface area contributed by atoms with Gasteiger partial charge in [-0.3, -0.25) is 4.90 Å². The molecule has 0 aliphatic heterocycles. The monoisotopic (exact) mass is 370 g/mol. The molecule has 138 valence electrons. The summed E-state index contributed by atoms with van der Waals surface area (Å²) in [6.45, 7) is 9.10. The van der Waals surface area contributed by atoms with E-state index < -0.39 is 0 Å². The van der Waals surface area contributed by atoms with Gasteiger partial charge in [0.2, 0.25) is 5.89 Å². The minimum absolute atomic E-state index is 0.347. The van der Waals surface area contributed by atoms with Crippen LogP contribution in [0.4, 0.5) is 0 Å². The Balaban J connectivity index is 1.85. The summed E-state index contributed by atoms with van der Waals surface area (Å²) in [5.74, 6) is 2.44. The third kappa shape index (κ3) is 3.55. The van der Waals surface area contributed by atoms with Crippen LogP contribution in [0.2, 0.25) is 0 Å². The van der Waals surface area contributed by atoms with E-state index in [9.17, 15) is 0 Å². The van der Waals surface area contributed by atoms with Crippen molar-refractivity contribution in [3.63, 3.8) is 0 Å². The maximum absolute atomic E-state index is 6.01. The Morgan fingerprint density at radius 3 is 2.62 bits per heavy atom. The van der Waals surface area contributed by atoms with Crippen LogP contribution in [0, 0.1) is 20.8 Å². The number of methoxy groups -OCH3 is 1. The lowest BCUT2D eigenvalue weighted by Crippen LogP contribution is -2.21. The second kappa shape index (κ2) is 7.64. The maximum atomic E-state index is 6.01. The normalized spacial score (nSPS) is 12.6. The average Bonchev–Trinajstić information content (AvgIpc) is 3.27. The molecule has 4 nitrogen and oxygen atoms in total. The van der Waals surface area contributed by atoms with Crippen LogP contribution in [0.5, 0.6) is 5.75 Å². The molecular weight excluding hydrogens is 344 g/mol. The fourth-order valence-corrected chi connectivity index (χ4v) is 3.91. The number of hydrogen-bond acceptors (Lipinski definition) is 5. The zero-order valence-electron chi connectivity index (χ0n) is 16.3. The molecule has 0 N–H and O–H groups in total. The van der Waals surface area contributed by atoms with Crippen molar-refractivity contribution in [3.05, 3.63) is 57.1 Å². The van der Waals surface area contributed by atoms with Gasteiger partial charge in [-0.25, -0.2) is 4.98 Å². The van der Waals surface area contributed by atoms with Crippen molar-refractivity contribution in [3.8, 4) is 17.2 Å². The first-order valence-electron chi connectivity index (χ1n) is 8.76. The summed E-state index contributed by atoms with van der Waals surface area (Å²) in [5, 5.41) is 2.12. The van der Waals surface area contributed by atoms with Crippen molar-refractivity contribution in [2.24, 2.45) is 0 Å². The third-order valence-corrected chi connectivity index (χ3v) is 6.14. The van der Waals surface area contributed by atoms with E-state index >= 15 is 0 Å². The summed E-state index contributed by atoms with van der Waals surface area (Å²) in [4.78, 5) is 8.45. The first kappa shape index (κ1) is 18.7. The Labute approximate surface area is 159 Å². The molecule has 26 heavy (non-hydrogen) atoms. The fourth-order valence-electron chi connectivity index (χ4n) is 3.06. The van der Waals surface area contributed by atoms with Crippen molar-refractivity contribution in [2.45, 2.75) is 40.3 Å². The number of aromatic nitrogens is 1. The van der Waals surface area contributed by atoms with Crippen LogP contribution in [0.25, 0.3) is 11.5 Å². The number of hydrogen-bond donors (Lipinski definition) is 0. The van der Waals surface area contributed by atoms with Crippen molar-refractivity contribution in [1.82, 2.24) is 9.88 Å². The highest BCUT2D eigenvalue weighted by molar-refractivity contribution is 7.10. The van der Waals surface area contributed by atoms with E-state index in [0.717, 1.165) is 40.4 Å². The predicted molar refractivity (Wildman–Crippen MR) is 107 cm³/mol. The topological polar surface area (TPSA) is 38.5 Å². The van der Waals surface area contributed by atoms with Gasteiger partial charge in [0.15, 0.2) is 0 Å². The van der Waals surface area contributed by atoms with Crippen LogP contribution in [-0.2, 0) is 6.54 Å². The third-order valence-electron chi connectivity index (χ3n) is 5.10. The van der Waals surface area contributed by atoms with Crippen LogP contribution in [-0.4, -0.2) is 24.0 Å². The molecule has 1 unspecified atom stereocenters.